The zero-order valence-electron chi connectivity index (χ0n) is 8.58. The molecule has 2 aromatic carbocycles. The lowest BCUT2D eigenvalue weighted by atomic mass is 10.0. The van der Waals surface area contributed by atoms with Crippen LogP contribution in [-0.2, 0) is 0 Å². The van der Waals surface area contributed by atoms with Crippen molar-refractivity contribution in [1.29, 1.82) is 0 Å². The number of carbonyl (C=O) groups excluding carboxylic acids is 1. The highest BCUT2D eigenvalue weighted by Crippen LogP contribution is 2.27. The van der Waals surface area contributed by atoms with Crippen LogP contribution in [0.25, 0.3) is 0 Å². The Labute approximate surface area is 108 Å². The second-order valence-corrected chi connectivity index (χ2v) is 4.23. The first-order chi connectivity index (χ1) is 8.09. The summed E-state index contributed by atoms with van der Waals surface area (Å²) in [6.07, 6.45) is 0. The molecular weight excluding hydrogens is 262 g/mol. The summed E-state index contributed by atoms with van der Waals surface area (Å²) in [6, 6.07) is 10.2. The Kier molecular flexibility index (Phi) is 3.46. The van der Waals surface area contributed by atoms with Gasteiger partial charge in [-0.2, -0.15) is 0 Å². The first-order valence-corrected chi connectivity index (χ1v) is 5.59. The third-order valence-electron chi connectivity index (χ3n) is 2.28. The molecule has 0 aliphatic heterocycles. The highest BCUT2D eigenvalue weighted by atomic mass is 35.5. The number of halogens is 3. The van der Waals surface area contributed by atoms with E-state index in [1.807, 2.05) is 0 Å². The third-order valence-corrected chi connectivity index (χ3v) is 3.10. The van der Waals surface area contributed by atoms with Crippen LogP contribution in [-0.4, -0.2) is 5.78 Å². The number of carbonyl (C=O) groups is 1. The van der Waals surface area contributed by atoms with Gasteiger partial charge in [0.25, 0.3) is 0 Å². The zero-order chi connectivity index (χ0) is 12.4. The van der Waals surface area contributed by atoms with Crippen molar-refractivity contribution in [3.05, 3.63) is 69.5 Å². The molecule has 0 amide bonds. The van der Waals surface area contributed by atoms with Crippen molar-refractivity contribution in [2.75, 3.05) is 0 Å². The van der Waals surface area contributed by atoms with E-state index in [0.29, 0.717) is 5.02 Å². The highest BCUT2D eigenvalue weighted by molar-refractivity contribution is 6.44. The van der Waals surface area contributed by atoms with E-state index in [9.17, 15) is 9.18 Å². The predicted molar refractivity (Wildman–Crippen MR) is 66.3 cm³/mol. The molecular formula is C13H7Cl2FO. The summed E-state index contributed by atoms with van der Waals surface area (Å²) >= 11 is 11.7. The molecule has 0 spiro atoms. The van der Waals surface area contributed by atoms with E-state index in [0.717, 1.165) is 0 Å². The first-order valence-electron chi connectivity index (χ1n) is 4.84. The molecule has 86 valence electrons. The molecule has 0 atom stereocenters. The molecule has 2 aromatic rings. The van der Waals surface area contributed by atoms with Gasteiger partial charge in [-0.1, -0.05) is 41.4 Å². The normalized spacial score (nSPS) is 10.3. The van der Waals surface area contributed by atoms with E-state index in [4.69, 9.17) is 23.2 Å². The van der Waals surface area contributed by atoms with Gasteiger partial charge in [0.05, 0.1) is 10.0 Å². The fourth-order valence-corrected chi connectivity index (χ4v) is 1.85. The molecule has 0 fully saturated rings. The Morgan fingerprint density at radius 1 is 1.06 bits per heavy atom. The van der Waals surface area contributed by atoms with Crippen LogP contribution in [0.1, 0.15) is 15.9 Å². The van der Waals surface area contributed by atoms with Crippen molar-refractivity contribution in [2.24, 2.45) is 0 Å². The van der Waals surface area contributed by atoms with Crippen molar-refractivity contribution >= 4 is 29.0 Å². The average molecular weight is 269 g/mol. The summed E-state index contributed by atoms with van der Waals surface area (Å²) in [5.41, 5.74) is 0.513. The van der Waals surface area contributed by atoms with Crippen LogP contribution in [0.4, 0.5) is 4.39 Å². The molecule has 17 heavy (non-hydrogen) atoms. The van der Waals surface area contributed by atoms with E-state index < -0.39 is 5.82 Å². The molecule has 4 heteroatoms. The number of ketones is 1. The van der Waals surface area contributed by atoms with Gasteiger partial charge >= 0.3 is 0 Å². The fourth-order valence-electron chi connectivity index (χ4n) is 1.46. The van der Waals surface area contributed by atoms with E-state index in [-0.39, 0.29) is 21.9 Å². The molecule has 0 saturated heterocycles. The maximum Gasteiger partial charge on any atom is 0.194 e. The molecule has 0 bridgehead atoms. The molecule has 2 rings (SSSR count). The molecule has 1 nitrogen and oxygen atoms in total. The van der Waals surface area contributed by atoms with E-state index >= 15 is 0 Å². The summed E-state index contributed by atoms with van der Waals surface area (Å²) in [5, 5.41) is 0.484. The minimum absolute atomic E-state index is 0.184. The average Bonchev–Trinajstić information content (AvgIpc) is 2.32. The number of hydrogen-bond acceptors (Lipinski definition) is 1. The van der Waals surface area contributed by atoms with Gasteiger partial charge in [0.2, 0.25) is 0 Å². The largest absolute Gasteiger partial charge is 0.289 e. The van der Waals surface area contributed by atoms with Crippen molar-refractivity contribution in [1.82, 2.24) is 0 Å². The van der Waals surface area contributed by atoms with Gasteiger partial charge in [-0.3, -0.25) is 4.79 Å². The summed E-state index contributed by atoms with van der Waals surface area (Å²) in [5.74, 6) is -0.814. The summed E-state index contributed by atoms with van der Waals surface area (Å²) in [7, 11) is 0. The SMILES string of the molecule is O=C(c1cccc(F)c1)c1cccc(Cl)c1Cl. The Morgan fingerprint density at radius 2 is 1.76 bits per heavy atom. The van der Waals surface area contributed by atoms with E-state index in [2.05, 4.69) is 0 Å². The Morgan fingerprint density at radius 3 is 2.47 bits per heavy atom. The Balaban J connectivity index is 2.48. The predicted octanol–water partition coefficient (Wildman–Crippen LogP) is 4.36. The highest BCUT2D eigenvalue weighted by Gasteiger charge is 2.14. The maximum atomic E-state index is 13.0. The maximum absolute atomic E-state index is 13.0. The molecule has 0 radical (unpaired) electrons. The number of rotatable bonds is 2. The zero-order valence-corrected chi connectivity index (χ0v) is 10.1. The van der Waals surface area contributed by atoms with Crippen LogP contribution in [0.5, 0.6) is 0 Å². The quantitative estimate of drug-likeness (QED) is 0.740. The molecule has 0 N–H and O–H groups in total. The van der Waals surface area contributed by atoms with Crippen molar-refractivity contribution in [3.8, 4) is 0 Å². The monoisotopic (exact) mass is 268 g/mol. The molecule has 0 aromatic heterocycles. The van der Waals surface area contributed by atoms with Crippen LogP contribution in [0.3, 0.4) is 0 Å². The van der Waals surface area contributed by atoms with Gasteiger partial charge in [0, 0.05) is 11.1 Å². The standard InChI is InChI=1S/C13H7Cl2FO/c14-11-6-2-5-10(12(11)15)13(17)8-3-1-4-9(16)7-8/h1-7H. The molecule has 0 aliphatic rings. The van der Waals surface area contributed by atoms with Crippen LogP contribution >= 0.6 is 23.2 Å². The summed E-state index contributed by atoms with van der Waals surface area (Å²) in [6.45, 7) is 0. The molecule has 0 aliphatic carbocycles. The first kappa shape index (κ1) is 12.1. The lowest BCUT2D eigenvalue weighted by Gasteiger charge is -2.04. The topological polar surface area (TPSA) is 17.1 Å². The van der Waals surface area contributed by atoms with Gasteiger partial charge in [0.15, 0.2) is 5.78 Å². The van der Waals surface area contributed by atoms with Crippen LogP contribution in [0, 0.1) is 5.82 Å². The molecule has 0 saturated carbocycles. The van der Waals surface area contributed by atoms with E-state index in [1.165, 1.54) is 24.3 Å². The van der Waals surface area contributed by atoms with Gasteiger partial charge in [0.1, 0.15) is 5.82 Å². The number of benzene rings is 2. The van der Waals surface area contributed by atoms with Crippen LogP contribution < -0.4 is 0 Å². The summed E-state index contributed by atoms with van der Waals surface area (Å²) < 4.78 is 13.0. The van der Waals surface area contributed by atoms with Crippen molar-refractivity contribution in [2.45, 2.75) is 0 Å². The van der Waals surface area contributed by atoms with Gasteiger partial charge in [-0.05, 0) is 24.3 Å². The third kappa shape index (κ3) is 2.48. The molecule has 0 unspecified atom stereocenters. The minimum atomic E-state index is -0.464. The second-order valence-electron chi connectivity index (χ2n) is 3.44. The van der Waals surface area contributed by atoms with Crippen LogP contribution in [0.2, 0.25) is 10.0 Å². The molecule has 0 heterocycles. The Hall–Kier alpha value is -1.38. The van der Waals surface area contributed by atoms with Crippen LogP contribution in [0.15, 0.2) is 42.5 Å². The number of hydrogen-bond donors (Lipinski definition) is 0. The van der Waals surface area contributed by atoms with Crippen molar-refractivity contribution in [3.63, 3.8) is 0 Å². The van der Waals surface area contributed by atoms with E-state index in [1.54, 1.807) is 18.2 Å². The minimum Gasteiger partial charge on any atom is -0.289 e. The van der Waals surface area contributed by atoms with Gasteiger partial charge < -0.3 is 0 Å². The van der Waals surface area contributed by atoms with Gasteiger partial charge in [-0.15, -0.1) is 0 Å². The lowest BCUT2D eigenvalue weighted by molar-refractivity contribution is 0.103. The fraction of sp³-hybridized carbons (Fsp3) is 0. The Bertz CT molecular complexity index is 581. The lowest BCUT2D eigenvalue weighted by Crippen LogP contribution is -2.02. The van der Waals surface area contributed by atoms with Gasteiger partial charge in [-0.25, -0.2) is 4.39 Å². The smallest absolute Gasteiger partial charge is 0.194 e. The summed E-state index contributed by atoms with van der Waals surface area (Å²) in [4.78, 5) is 12.1. The second kappa shape index (κ2) is 4.86. The van der Waals surface area contributed by atoms with Crippen molar-refractivity contribution < 1.29 is 9.18 Å².